The molecule has 1 heteroatoms. The summed E-state index contributed by atoms with van der Waals surface area (Å²) < 4.78 is 0. The van der Waals surface area contributed by atoms with Gasteiger partial charge in [-0.2, -0.15) is 0 Å². The summed E-state index contributed by atoms with van der Waals surface area (Å²) in [5, 5.41) is 0. The molecule has 0 aromatic heterocycles. The van der Waals surface area contributed by atoms with Gasteiger partial charge in [-0.25, -0.2) is 0 Å². The maximum absolute atomic E-state index is 12.5. The maximum Gasteiger partial charge on any atom is 0.142 e. The van der Waals surface area contributed by atoms with Crippen molar-refractivity contribution in [3.05, 3.63) is 12.2 Å². The molecule has 17 heavy (non-hydrogen) atoms. The molecule has 1 nitrogen and oxygen atoms in total. The zero-order valence-corrected chi connectivity index (χ0v) is 11.8. The summed E-state index contributed by atoms with van der Waals surface area (Å²) in [6, 6.07) is 0. The van der Waals surface area contributed by atoms with E-state index in [-0.39, 0.29) is 10.8 Å². The van der Waals surface area contributed by atoms with Crippen LogP contribution in [0.2, 0.25) is 0 Å². The Kier molecular flexibility index (Phi) is 1.83. The zero-order chi connectivity index (χ0) is 12.8. The lowest BCUT2D eigenvalue weighted by Gasteiger charge is -2.50. The predicted molar refractivity (Wildman–Crippen MR) is 69.5 cm³/mol. The molecule has 0 N–H and O–H groups in total. The molecule has 3 aliphatic carbocycles. The van der Waals surface area contributed by atoms with E-state index < -0.39 is 0 Å². The average Bonchev–Trinajstić information content (AvgIpc) is 2.79. The zero-order valence-electron chi connectivity index (χ0n) is 11.8. The number of carbonyl (C=O) groups excluding carboxylic acids is 1. The molecule has 0 heterocycles. The van der Waals surface area contributed by atoms with E-state index in [0.717, 1.165) is 6.42 Å². The van der Waals surface area contributed by atoms with Gasteiger partial charge in [0, 0.05) is 11.3 Å². The van der Waals surface area contributed by atoms with E-state index in [4.69, 9.17) is 0 Å². The number of ketones is 1. The molecule has 3 fully saturated rings. The monoisotopic (exact) mass is 232 g/mol. The second-order valence-electron chi connectivity index (χ2n) is 7.67. The predicted octanol–water partition coefficient (Wildman–Crippen LogP) is 3.84. The molecule has 0 aromatic carbocycles. The van der Waals surface area contributed by atoms with Crippen LogP contribution < -0.4 is 0 Å². The minimum atomic E-state index is -0.142. The summed E-state index contributed by atoms with van der Waals surface area (Å²) >= 11 is 0. The van der Waals surface area contributed by atoms with E-state index in [1.165, 1.54) is 12.0 Å². The number of hydrogen-bond donors (Lipinski definition) is 0. The van der Waals surface area contributed by atoms with E-state index in [9.17, 15) is 4.79 Å². The minimum absolute atomic E-state index is 0.142. The highest BCUT2D eigenvalue weighted by Gasteiger charge is 2.83. The van der Waals surface area contributed by atoms with Gasteiger partial charge in [0.2, 0.25) is 0 Å². The first kappa shape index (κ1) is 11.5. The summed E-state index contributed by atoms with van der Waals surface area (Å²) in [6.45, 7) is 15.4. The van der Waals surface area contributed by atoms with Crippen molar-refractivity contribution in [2.45, 2.75) is 47.5 Å². The van der Waals surface area contributed by atoms with Crippen LogP contribution in [0.1, 0.15) is 47.5 Å². The number of rotatable bonds is 1. The molecule has 0 bridgehead atoms. The topological polar surface area (TPSA) is 17.1 Å². The first-order valence-electron chi connectivity index (χ1n) is 6.87. The highest BCUT2D eigenvalue weighted by molar-refractivity contribution is 5.95. The number of carbonyl (C=O) groups is 1. The number of Topliss-reactive ketones (excluding diaryl/α,β-unsaturated/α-hetero) is 1. The number of fused-ring (bicyclic) bond motifs is 1. The SMILES string of the molecule is C=C(C)[C@@H]1CC2C3C(=O)C(C)(C)[C@](C)(C1)[C@]23C. The van der Waals surface area contributed by atoms with Crippen LogP contribution in [0.5, 0.6) is 0 Å². The average molecular weight is 232 g/mol. The van der Waals surface area contributed by atoms with Gasteiger partial charge in [-0.3, -0.25) is 4.79 Å². The Morgan fingerprint density at radius 1 is 1.29 bits per heavy atom. The fourth-order valence-corrected chi connectivity index (χ4v) is 5.26. The second kappa shape index (κ2) is 2.70. The van der Waals surface area contributed by atoms with Gasteiger partial charge in [-0.15, -0.1) is 0 Å². The van der Waals surface area contributed by atoms with Crippen molar-refractivity contribution in [2.75, 3.05) is 0 Å². The third-order valence-electron chi connectivity index (χ3n) is 7.07. The Labute approximate surface area is 105 Å². The van der Waals surface area contributed by atoms with Crippen LogP contribution >= 0.6 is 0 Å². The van der Waals surface area contributed by atoms with E-state index in [0.29, 0.717) is 29.0 Å². The lowest BCUT2D eigenvalue weighted by atomic mass is 9.53. The van der Waals surface area contributed by atoms with E-state index in [2.05, 4.69) is 41.2 Å². The molecule has 0 amide bonds. The molecule has 0 spiro atoms. The molecule has 0 saturated heterocycles. The summed E-state index contributed by atoms with van der Waals surface area (Å²) in [6.07, 6.45) is 2.36. The minimum Gasteiger partial charge on any atom is -0.299 e. The van der Waals surface area contributed by atoms with Crippen molar-refractivity contribution in [1.29, 1.82) is 0 Å². The Hall–Kier alpha value is -0.590. The van der Waals surface area contributed by atoms with E-state index in [1.54, 1.807) is 0 Å². The molecule has 0 radical (unpaired) electrons. The van der Waals surface area contributed by atoms with Crippen LogP contribution in [0.3, 0.4) is 0 Å². The highest BCUT2D eigenvalue weighted by Crippen LogP contribution is 2.84. The third-order valence-corrected chi connectivity index (χ3v) is 7.07. The first-order chi connectivity index (χ1) is 7.68. The lowest BCUT2D eigenvalue weighted by molar-refractivity contribution is -0.134. The Bertz CT molecular complexity index is 433. The molecule has 94 valence electrons. The quantitative estimate of drug-likeness (QED) is 0.628. The normalized spacial score (nSPS) is 54.4. The van der Waals surface area contributed by atoms with Crippen molar-refractivity contribution in [1.82, 2.24) is 0 Å². The van der Waals surface area contributed by atoms with Gasteiger partial charge >= 0.3 is 0 Å². The summed E-state index contributed by atoms with van der Waals surface area (Å²) in [4.78, 5) is 12.5. The Morgan fingerprint density at radius 2 is 1.88 bits per heavy atom. The Balaban J connectivity index is 2.08. The summed E-state index contributed by atoms with van der Waals surface area (Å²) in [7, 11) is 0. The fourth-order valence-electron chi connectivity index (χ4n) is 5.26. The molecule has 3 aliphatic rings. The van der Waals surface area contributed by atoms with Crippen LogP contribution in [0.15, 0.2) is 12.2 Å². The molecule has 2 unspecified atom stereocenters. The highest BCUT2D eigenvalue weighted by atomic mass is 16.1. The van der Waals surface area contributed by atoms with Gasteiger partial charge in [-0.05, 0) is 42.4 Å². The molecule has 3 rings (SSSR count). The van der Waals surface area contributed by atoms with Crippen molar-refractivity contribution >= 4 is 5.78 Å². The molecular weight excluding hydrogens is 208 g/mol. The van der Waals surface area contributed by atoms with Gasteiger partial charge in [0.25, 0.3) is 0 Å². The van der Waals surface area contributed by atoms with Crippen LogP contribution in [0.25, 0.3) is 0 Å². The third kappa shape index (κ3) is 0.936. The summed E-state index contributed by atoms with van der Waals surface area (Å²) in [5.74, 6) is 2.17. The lowest BCUT2D eigenvalue weighted by Crippen LogP contribution is -2.47. The molecular formula is C16H24O. The number of allylic oxidation sites excluding steroid dienone is 1. The standard InChI is InChI=1S/C16H24O/c1-9(2)10-7-11-12-13(17)14(3,4)15(5,8-10)16(11,12)6/h10-12H,1,7-8H2,2-6H3/t10-,11?,12?,15+,16-/m1/s1. The smallest absolute Gasteiger partial charge is 0.142 e. The van der Waals surface area contributed by atoms with E-state index in [1.807, 2.05) is 0 Å². The van der Waals surface area contributed by atoms with Crippen LogP contribution in [0.4, 0.5) is 0 Å². The first-order valence-corrected chi connectivity index (χ1v) is 6.87. The van der Waals surface area contributed by atoms with Crippen LogP contribution in [0, 0.1) is 34.0 Å². The second-order valence-corrected chi connectivity index (χ2v) is 7.67. The number of hydrogen-bond acceptors (Lipinski definition) is 1. The van der Waals surface area contributed by atoms with Gasteiger partial charge in [0.1, 0.15) is 5.78 Å². The molecule has 0 aromatic rings. The van der Waals surface area contributed by atoms with E-state index >= 15 is 0 Å². The maximum atomic E-state index is 12.5. The van der Waals surface area contributed by atoms with Crippen molar-refractivity contribution in [2.24, 2.45) is 34.0 Å². The van der Waals surface area contributed by atoms with Gasteiger partial charge < -0.3 is 0 Å². The Morgan fingerprint density at radius 3 is 2.41 bits per heavy atom. The van der Waals surface area contributed by atoms with Crippen molar-refractivity contribution < 1.29 is 4.79 Å². The molecule has 3 saturated carbocycles. The largest absolute Gasteiger partial charge is 0.299 e. The molecule has 0 aliphatic heterocycles. The van der Waals surface area contributed by atoms with Crippen molar-refractivity contribution in [3.63, 3.8) is 0 Å². The van der Waals surface area contributed by atoms with Crippen LogP contribution in [-0.2, 0) is 4.79 Å². The summed E-state index contributed by atoms with van der Waals surface area (Å²) in [5.41, 5.74) is 1.64. The fraction of sp³-hybridized carbons (Fsp3) is 0.812. The molecule has 5 atom stereocenters. The van der Waals surface area contributed by atoms with Gasteiger partial charge in [0.05, 0.1) is 0 Å². The van der Waals surface area contributed by atoms with Crippen LogP contribution in [-0.4, -0.2) is 5.78 Å². The van der Waals surface area contributed by atoms with Gasteiger partial charge in [-0.1, -0.05) is 39.8 Å². The van der Waals surface area contributed by atoms with Crippen molar-refractivity contribution in [3.8, 4) is 0 Å². The van der Waals surface area contributed by atoms with Gasteiger partial charge in [0.15, 0.2) is 0 Å².